The lowest BCUT2D eigenvalue weighted by atomic mass is 9.92. The van der Waals surface area contributed by atoms with Crippen molar-refractivity contribution in [1.82, 2.24) is 25.0 Å². The van der Waals surface area contributed by atoms with Crippen molar-refractivity contribution in [2.75, 3.05) is 7.05 Å². The normalized spacial score (nSPS) is 17.0. The maximum Gasteiger partial charge on any atom is 0.264 e. The van der Waals surface area contributed by atoms with Gasteiger partial charge in [0.05, 0.1) is 29.6 Å². The van der Waals surface area contributed by atoms with E-state index in [0.717, 1.165) is 16.2 Å². The minimum atomic E-state index is -0.685. The van der Waals surface area contributed by atoms with Gasteiger partial charge in [-0.3, -0.25) is 39.2 Å². The molecule has 0 spiro atoms. The van der Waals surface area contributed by atoms with Gasteiger partial charge in [0.2, 0.25) is 0 Å². The summed E-state index contributed by atoms with van der Waals surface area (Å²) in [4.78, 5) is 62.8. The molecule has 3 unspecified atom stereocenters. The number of hydrogen-bond donors (Lipinski definition) is 2. The highest BCUT2D eigenvalue weighted by molar-refractivity contribution is 6.30. The Bertz CT molecular complexity index is 1960. The summed E-state index contributed by atoms with van der Waals surface area (Å²) in [6, 6.07) is 20.4. The fourth-order valence-corrected chi connectivity index (χ4v) is 6.77. The zero-order valence-electron chi connectivity index (χ0n) is 24.3. The molecule has 43 heavy (non-hydrogen) atoms. The first-order valence-corrected chi connectivity index (χ1v) is 14.5. The van der Waals surface area contributed by atoms with E-state index in [4.69, 9.17) is 0 Å². The van der Waals surface area contributed by atoms with E-state index in [1.54, 1.807) is 31.3 Å². The molecular weight excluding hydrogens is 542 g/mol. The average molecular weight is 574 g/mol. The van der Waals surface area contributed by atoms with Crippen molar-refractivity contribution in [2.24, 2.45) is 0 Å². The number of H-pyrrole nitrogens is 1. The van der Waals surface area contributed by atoms with Crippen LogP contribution < -0.4 is 5.32 Å². The lowest BCUT2D eigenvalue weighted by Crippen LogP contribution is -2.61. The van der Waals surface area contributed by atoms with Gasteiger partial charge >= 0.3 is 0 Å². The first-order chi connectivity index (χ1) is 20.7. The number of imide groups is 2. The number of hydrogen-bond acceptors (Lipinski definition) is 6. The van der Waals surface area contributed by atoms with Crippen LogP contribution >= 0.6 is 0 Å². The molecule has 2 N–H and O–H groups in total. The minimum absolute atomic E-state index is 0.349. The number of carbonyl (C=O) groups is 4. The summed E-state index contributed by atoms with van der Waals surface area (Å²) < 4.78 is 0. The van der Waals surface area contributed by atoms with Gasteiger partial charge in [0.1, 0.15) is 0 Å². The Morgan fingerprint density at radius 3 is 1.95 bits per heavy atom. The smallest absolute Gasteiger partial charge is 0.264 e. The van der Waals surface area contributed by atoms with Crippen molar-refractivity contribution in [3.05, 3.63) is 95.2 Å². The van der Waals surface area contributed by atoms with Crippen LogP contribution in [-0.2, 0) is 0 Å². The van der Waals surface area contributed by atoms with Gasteiger partial charge in [-0.05, 0) is 68.4 Å². The van der Waals surface area contributed by atoms with E-state index in [2.05, 4.69) is 10.3 Å². The summed E-state index contributed by atoms with van der Waals surface area (Å²) in [5, 5.41) is 7.37. The first-order valence-electron chi connectivity index (χ1n) is 14.5. The molecule has 2 aliphatic heterocycles. The molecule has 9 nitrogen and oxygen atoms in total. The highest BCUT2D eigenvalue weighted by Gasteiger charge is 2.41. The van der Waals surface area contributed by atoms with Gasteiger partial charge in [0.15, 0.2) is 0 Å². The van der Waals surface area contributed by atoms with Gasteiger partial charge in [-0.15, -0.1) is 0 Å². The van der Waals surface area contributed by atoms with Crippen LogP contribution in [0.4, 0.5) is 0 Å². The standard InChI is InChI=1S/C34H31N5O4/c1-5-26(37(4)19(3)39-32(41)23-12-6-9-20-10-7-13-24(27(20)23)33(39)42)36-18(2)38-31(40)25-14-8-11-21-17-22-15-16-35-30(22)29(28(21)25)34(38)43/h6-19,26,35-36H,5H2,1-4H3. The molecule has 0 saturated carbocycles. The average Bonchev–Trinajstić information content (AvgIpc) is 3.48. The molecule has 0 bridgehead atoms. The van der Waals surface area contributed by atoms with Crippen LogP contribution in [-0.4, -0.2) is 68.9 Å². The first kappa shape index (κ1) is 27.0. The van der Waals surface area contributed by atoms with Gasteiger partial charge in [-0.1, -0.05) is 43.3 Å². The summed E-state index contributed by atoms with van der Waals surface area (Å²) in [6.07, 6.45) is 0.694. The van der Waals surface area contributed by atoms with Crippen LogP contribution in [0.1, 0.15) is 68.6 Å². The van der Waals surface area contributed by atoms with Crippen molar-refractivity contribution in [3.8, 4) is 0 Å². The third kappa shape index (κ3) is 3.85. The fraction of sp³-hybridized carbons (Fsp3) is 0.235. The number of benzene rings is 4. The molecule has 5 aromatic rings. The second-order valence-electron chi connectivity index (χ2n) is 11.3. The highest BCUT2D eigenvalue weighted by Crippen LogP contribution is 2.36. The number of nitrogens with zero attached hydrogens (tertiary/aromatic N) is 3. The number of carbonyl (C=O) groups excluding carboxylic acids is 4. The largest absolute Gasteiger partial charge is 0.361 e. The van der Waals surface area contributed by atoms with Crippen molar-refractivity contribution in [2.45, 2.75) is 45.7 Å². The number of aromatic amines is 1. The molecule has 7 rings (SSSR count). The number of aromatic nitrogens is 1. The second-order valence-corrected chi connectivity index (χ2v) is 11.3. The van der Waals surface area contributed by atoms with E-state index in [9.17, 15) is 19.2 Å². The predicted octanol–water partition coefficient (Wildman–Crippen LogP) is 5.32. The lowest BCUT2D eigenvalue weighted by molar-refractivity contribution is 0.0153. The Morgan fingerprint density at radius 2 is 1.33 bits per heavy atom. The number of nitrogens with one attached hydrogen (secondary N) is 2. The summed E-state index contributed by atoms with van der Waals surface area (Å²) >= 11 is 0. The number of fused-ring (bicyclic) bond motifs is 2. The maximum atomic E-state index is 14.0. The monoisotopic (exact) mass is 573 g/mol. The van der Waals surface area contributed by atoms with Gasteiger partial charge < -0.3 is 4.98 Å². The molecule has 4 amide bonds. The number of amides is 4. The molecule has 0 saturated heterocycles. The highest BCUT2D eigenvalue weighted by atomic mass is 16.2. The van der Waals surface area contributed by atoms with Gasteiger partial charge in [0.25, 0.3) is 23.6 Å². The van der Waals surface area contributed by atoms with Crippen LogP contribution in [0.25, 0.3) is 32.4 Å². The Labute approximate surface area is 248 Å². The molecule has 2 aliphatic rings. The SMILES string of the molecule is CCC(NC(C)N1C(=O)c2cccc3cc4cc[nH]c4c(c23)C1=O)N(C)C(C)N1C(=O)c2cccc3cccc(c23)C1=O. The quantitative estimate of drug-likeness (QED) is 0.202. The van der Waals surface area contributed by atoms with Crippen molar-refractivity contribution < 1.29 is 19.2 Å². The molecule has 3 atom stereocenters. The fourth-order valence-electron chi connectivity index (χ4n) is 6.77. The zero-order chi connectivity index (χ0) is 30.2. The summed E-state index contributed by atoms with van der Waals surface area (Å²) in [5.74, 6) is -1.45. The van der Waals surface area contributed by atoms with Crippen molar-refractivity contribution >= 4 is 56.1 Å². The Balaban J connectivity index is 1.18. The van der Waals surface area contributed by atoms with Crippen LogP contribution in [0.2, 0.25) is 0 Å². The van der Waals surface area contributed by atoms with E-state index in [-0.39, 0.29) is 29.8 Å². The summed E-state index contributed by atoms with van der Waals surface area (Å²) in [5.41, 5.74) is 2.65. The molecule has 4 aromatic carbocycles. The van der Waals surface area contributed by atoms with E-state index in [0.29, 0.717) is 45.0 Å². The van der Waals surface area contributed by atoms with Crippen LogP contribution in [0.3, 0.4) is 0 Å². The van der Waals surface area contributed by atoms with E-state index >= 15 is 0 Å². The lowest BCUT2D eigenvalue weighted by Gasteiger charge is -2.42. The molecule has 1 aromatic heterocycles. The predicted molar refractivity (Wildman–Crippen MR) is 165 cm³/mol. The van der Waals surface area contributed by atoms with E-state index < -0.39 is 12.3 Å². The molecule has 0 fully saturated rings. The minimum Gasteiger partial charge on any atom is -0.361 e. The van der Waals surface area contributed by atoms with Crippen molar-refractivity contribution in [1.29, 1.82) is 0 Å². The topological polar surface area (TPSA) is 106 Å². The molecule has 0 radical (unpaired) electrons. The number of rotatable bonds is 7. The van der Waals surface area contributed by atoms with Crippen molar-refractivity contribution in [3.63, 3.8) is 0 Å². The van der Waals surface area contributed by atoms with Crippen LogP contribution in [0.5, 0.6) is 0 Å². The Morgan fingerprint density at radius 1 is 0.744 bits per heavy atom. The molecule has 3 heterocycles. The molecule has 9 heteroatoms. The Hall–Kier alpha value is -4.86. The maximum absolute atomic E-state index is 14.0. The molecule has 216 valence electrons. The van der Waals surface area contributed by atoms with E-state index in [1.165, 1.54) is 9.80 Å². The van der Waals surface area contributed by atoms with Crippen LogP contribution in [0.15, 0.2) is 72.9 Å². The van der Waals surface area contributed by atoms with Gasteiger partial charge in [-0.2, -0.15) is 0 Å². The van der Waals surface area contributed by atoms with Crippen LogP contribution in [0, 0.1) is 0 Å². The third-order valence-electron chi connectivity index (χ3n) is 9.03. The van der Waals surface area contributed by atoms with Gasteiger partial charge in [-0.25, -0.2) is 0 Å². The zero-order valence-corrected chi connectivity index (χ0v) is 24.3. The summed E-state index contributed by atoms with van der Waals surface area (Å²) in [7, 11) is 1.83. The summed E-state index contributed by atoms with van der Waals surface area (Å²) in [6.45, 7) is 5.57. The van der Waals surface area contributed by atoms with Gasteiger partial charge in [0, 0.05) is 39.0 Å². The molecular formula is C34H31N5O4. The Kier molecular flexibility index (Phi) is 6.19. The second kappa shape index (κ2) is 9.86. The molecule has 0 aliphatic carbocycles. The van der Waals surface area contributed by atoms with E-state index in [1.807, 2.05) is 74.3 Å². The third-order valence-corrected chi connectivity index (χ3v) is 9.03.